The number of rotatable bonds is 8. The number of amides is 2. The molecule has 2 aromatic rings. The van der Waals surface area contributed by atoms with Gasteiger partial charge < -0.3 is 14.5 Å². The van der Waals surface area contributed by atoms with Crippen LogP contribution in [0.25, 0.3) is 11.1 Å². The molecule has 2 aromatic carbocycles. The van der Waals surface area contributed by atoms with Crippen molar-refractivity contribution in [1.29, 1.82) is 0 Å². The van der Waals surface area contributed by atoms with Crippen LogP contribution in [0.1, 0.15) is 72.3 Å². The van der Waals surface area contributed by atoms with Crippen molar-refractivity contribution < 1.29 is 14.3 Å². The Labute approximate surface area is 240 Å². The molecule has 0 aromatic heterocycles. The van der Waals surface area contributed by atoms with Gasteiger partial charge in [-0.15, -0.1) is 5.01 Å². The number of hydrogen-bond acceptors (Lipinski definition) is 4. The number of fused-ring (bicyclic) bond motifs is 2. The fourth-order valence-corrected chi connectivity index (χ4v) is 7.09. The minimum atomic E-state index is -0.417. The minimum absolute atomic E-state index is 0.00286. The van der Waals surface area contributed by atoms with Gasteiger partial charge in [0, 0.05) is 31.6 Å². The van der Waals surface area contributed by atoms with E-state index in [2.05, 4.69) is 63.2 Å². The SMILES string of the molecule is CCCCN1Cc2c(-c3ccc4c(c3)N(C(=O)C3CC(CCC)CO3)CC(C)N4C(C)=O)cccc2[N+]1(C)CC. The van der Waals surface area contributed by atoms with Crippen LogP contribution in [0.5, 0.6) is 0 Å². The zero-order valence-corrected chi connectivity index (χ0v) is 25.3. The highest BCUT2D eigenvalue weighted by Gasteiger charge is 2.43. The van der Waals surface area contributed by atoms with Gasteiger partial charge in [-0.3, -0.25) is 9.59 Å². The molecule has 0 bridgehead atoms. The van der Waals surface area contributed by atoms with Crippen LogP contribution in [0.15, 0.2) is 36.4 Å². The molecule has 4 unspecified atom stereocenters. The Hall–Kier alpha value is -2.74. The molecule has 1 fully saturated rings. The Morgan fingerprint density at radius 1 is 1.07 bits per heavy atom. The molecule has 3 aliphatic heterocycles. The van der Waals surface area contributed by atoms with Gasteiger partial charge in [-0.2, -0.15) is 0 Å². The third kappa shape index (κ3) is 4.97. The summed E-state index contributed by atoms with van der Waals surface area (Å²) in [7, 11) is 2.32. The number of unbranched alkanes of at least 4 members (excludes halogenated alkanes) is 1. The molecule has 0 radical (unpaired) electrons. The summed E-state index contributed by atoms with van der Waals surface area (Å²) in [5.74, 6) is 0.456. The second-order valence-corrected chi connectivity index (χ2v) is 12.1. The number of carbonyl (C=O) groups excluding carboxylic acids is 2. The highest BCUT2D eigenvalue weighted by molar-refractivity contribution is 6.06. The topological polar surface area (TPSA) is 53.1 Å². The van der Waals surface area contributed by atoms with Crippen LogP contribution in [-0.2, 0) is 20.9 Å². The van der Waals surface area contributed by atoms with E-state index in [1.807, 2.05) is 22.8 Å². The maximum Gasteiger partial charge on any atom is 0.256 e. The molecule has 3 aliphatic rings. The van der Waals surface area contributed by atoms with Crippen molar-refractivity contribution in [3.05, 3.63) is 42.0 Å². The van der Waals surface area contributed by atoms with Gasteiger partial charge in [-0.05, 0) is 62.3 Å². The summed E-state index contributed by atoms with van der Waals surface area (Å²) in [6.45, 7) is 14.4. The van der Waals surface area contributed by atoms with Gasteiger partial charge in [0.2, 0.25) is 5.91 Å². The van der Waals surface area contributed by atoms with Gasteiger partial charge in [0.25, 0.3) is 5.91 Å². The van der Waals surface area contributed by atoms with Gasteiger partial charge in [0.05, 0.1) is 44.2 Å². The van der Waals surface area contributed by atoms with E-state index in [4.69, 9.17) is 4.74 Å². The van der Waals surface area contributed by atoms with Crippen LogP contribution in [-0.4, -0.2) is 62.3 Å². The largest absolute Gasteiger partial charge is 0.368 e. The lowest BCUT2D eigenvalue weighted by molar-refractivity contribution is -0.127. The van der Waals surface area contributed by atoms with Crippen molar-refractivity contribution >= 4 is 28.9 Å². The average Bonchev–Trinajstić information content (AvgIpc) is 3.53. The second kappa shape index (κ2) is 11.6. The number of benzene rings is 2. The van der Waals surface area contributed by atoms with Gasteiger partial charge in [-0.1, -0.05) is 44.9 Å². The summed E-state index contributed by atoms with van der Waals surface area (Å²) in [5.41, 5.74) is 6.61. The Morgan fingerprint density at radius 3 is 2.58 bits per heavy atom. The lowest BCUT2D eigenvalue weighted by Gasteiger charge is -2.41. The molecule has 0 spiro atoms. The Morgan fingerprint density at radius 2 is 1.88 bits per heavy atom. The monoisotopic (exact) mass is 547 g/mol. The van der Waals surface area contributed by atoms with E-state index < -0.39 is 6.10 Å². The fraction of sp³-hybridized carbons (Fsp3) is 0.576. The van der Waals surface area contributed by atoms with Crippen molar-refractivity contribution in [2.24, 2.45) is 5.92 Å². The lowest BCUT2D eigenvalue weighted by Crippen LogP contribution is -2.55. The van der Waals surface area contributed by atoms with Crippen molar-refractivity contribution in [3.63, 3.8) is 0 Å². The average molecular weight is 548 g/mol. The number of carbonyl (C=O) groups is 2. The molecule has 4 atom stereocenters. The van der Waals surface area contributed by atoms with E-state index in [-0.39, 0.29) is 17.9 Å². The highest BCUT2D eigenvalue weighted by Crippen LogP contribution is 2.45. The van der Waals surface area contributed by atoms with Crippen LogP contribution < -0.4 is 14.4 Å². The maximum atomic E-state index is 13.9. The molecule has 1 saturated heterocycles. The number of anilines is 2. The summed E-state index contributed by atoms with van der Waals surface area (Å²) in [4.78, 5) is 30.4. The number of hydrogen-bond donors (Lipinski definition) is 0. The highest BCUT2D eigenvalue weighted by atomic mass is 16.5. The summed E-state index contributed by atoms with van der Waals surface area (Å²) in [6.07, 6.45) is 4.89. The first-order chi connectivity index (χ1) is 19.2. The van der Waals surface area contributed by atoms with Crippen LogP contribution in [0.4, 0.5) is 17.1 Å². The van der Waals surface area contributed by atoms with Crippen LogP contribution in [0.2, 0.25) is 0 Å². The van der Waals surface area contributed by atoms with E-state index in [0.29, 0.717) is 19.1 Å². The predicted octanol–water partition coefficient (Wildman–Crippen LogP) is 6.13. The first-order valence-corrected chi connectivity index (χ1v) is 15.3. The molecular formula is C33H47N4O3+. The molecule has 3 heterocycles. The third-order valence-electron chi connectivity index (χ3n) is 9.40. The Kier molecular flexibility index (Phi) is 8.37. The van der Waals surface area contributed by atoms with Crippen LogP contribution in [0, 0.1) is 5.92 Å². The molecule has 5 rings (SSSR count). The first-order valence-electron chi connectivity index (χ1n) is 15.3. The lowest BCUT2D eigenvalue weighted by atomic mass is 9.95. The van der Waals surface area contributed by atoms with Crippen LogP contribution >= 0.6 is 0 Å². The summed E-state index contributed by atoms with van der Waals surface area (Å²) in [5, 5.41) is 2.58. The summed E-state index contributed by atoms with van der Waals surface area (Å²) >= 11 is 0. The Bertz CT molecular complexity index is 1260. The molecule has 0 saturated carbocycles. The minimum Gasteiger partial charge on any atom is -0.368 e. The molecular weight excluding hydrogens is 500 g/mol. The maximum absolute atomic E-state index is 13.9. The molecule has 7 nitrogen and oxygen atoms in total. The van der Waals surface area contributed by atoms with E-state index >= 15 is 0 Å². The summed E-state index contributed by atoms with van der Waals surface area (Å²) < 4.78 is 6.84. The van der Waals surface area contributed by atoms with Gasteiger partial charge in [0.15, 0.2) is 5.69 Å². The second-order valence-electron chi connectivity index (χ2n) is 12.1. The number of quaternary nitrogens is 1. The third-order valence-corrected chi connectivity index (χ3v) is 9.40. The van der Waals surface area contributed by atoms with Crippen molar-refractivity contribution in [2.75, 3.05) is 43.1 Å². The first kappa shape index (κ1) is 28.8. The molecule has 0 N–H and O–H groups in total. The molecule has 40 heavy (non-hydrogen) atoms. The normalized spacial score (nSPS) is 26.2. The standard InChI is InChI=1S/C33H47N4O3/c1-7-10-17-34-21-28-27(13-11-14-31(28)37(34,6)9-3)26-15-16-29-30(19-26)35(20-23(4)36(29)24(5)38)33(39)32-18-25(12-8-2)22-40-32/h11,13-16,19,23,25,32H,7-10,12,17-18,20-22H2,1-6H3/q+1. The molecule has 2 amide bonds. The van der Waals surface area contributed by atoms with E-state index in [0.717, 1.165) is 60.4 Å². The van der Waals surface area contributed by atoms with E-state index in [9.17, 15) is 9.59 Å². The molecule has 216 valence electrons. The van der Waals surface area contributed by atoms with Gasteiger partial charge in [-0.25, -0.2) is 4.59 Å². The van der Waals surface area contributed by atoms with Crippen molar-refractivity contribution in [2.45, 2.75) is 85.4 Å². The van der Waals surface area contributed by atoms with Crippen molar-refractivity contribution in [3.8, 4) is 11.1 Å². The number of nitrogens with zero attached hydrogens (tertiary/aromatic N) is 4. The zero-order chi connectivity index (χ0) is 28.6. The smallest absolute Gasteiger partial charge is 0.256 e. The quantitative estimate of drug-likeness (QED) is 0.373. The Balaban J connectivity index is 1.55. The fourth-order valence-electron chi connectivity index (χ4n) is 7.09. The molecule has 7 heteroatoms. The van der Waals surface area contributed by atoms with E-state index in [1.54, 1.807) is 6.92 Å². The van der Waals surface area contributed by atoms with E-state index in [1.165, 1.54) is 29.7 Å². The summed E-state index contributed by atoms with van der Waals surface area (Å²) in [6, 6.07) is 12.8. The number of ether oxygens (including phenoxy) is 1. The van der Waals surface area contributed by atoms with Gasteiger partial charge in [0.1, 0.15) is 6.10 Å². The zero-order valence-electron chi connectivity index (χ0n) is 25.3. The van der Waals surface area contributed by atoms with Crippen LogP contribution in [0.3, 0.4) is 0 Å². The molecule has 0 aliphatic carbocycles. The van der Waals surface area contributed by atoms with Gasteiger partial charge >= 0.3 is 0 Å². The predicted molar refractivity (Wildman–Crippen MR) is 163 cm³/mol. The van der Waals surface area contributed by atoms with Crippen molar-refractivity contribution in [1.82, 2.24) is 9.60 Å².